The first kappa shape index (κ1) is 41.3. The van der Waals surface area contributed by atoms with Crippen molar-refractivity contribution in [2.45, 2.75) is 200 Å². The van der Waals surface area contributed by atoms with Crippen LogP contribution in [-0.2, 0) is 16.0 Å². The van der Waals surface area contributed by atoms with Crippen molar-refractivity contribution in [3.63, 3.8) is 0 Å². The summed E-state index contributed by atoms with van der Waals surface area (Å²) in [6.07, 6.45) is 23.2. The number of rotatable bonds is 12. The van der Waals surface area contributed by atoms with Crippen molar-refractivity contribution in [1.82, 2.24) is 0 Å². The van der Waals surface area contributed by atoms with Crippen LogP contribution in [0.15, 0.2) is 30.3 Å². The molecule has 2 bridgehead atoms. The van der Waals surface area contributed by atoms with Gasteiger partial charge in [-0.3, -0.25) is 4.79 Å². The lowest BCUT2D eigenvalue weighted by Gasteiger charge is -2.78. The summed E-state index contributed by atoms with van der Waals surface area (Å²) in [7, 11) is 0. The van der Waals surface area contributed by atoms with Crippen LogP contribution in [0, 0.1) is 61.6 Å². The first-order valence-corrected chi connectivity index (χ1v) is 23.6. The van der Waals surface area contributed by atoms with Gasteiger partial charge in [-0.25, -0.2) is 0 Å². The van der Waals surface area contributed by atoms with Gasteiger partial charge in [-0.1, -0.05) is 122 Å². The van der Waals surface area contributed by atoms with Gasteiger partial charge >= 0.3 is 5.97 Å². The fourth-order valence-corrected chi connectivity index (χ4v) is 17.4. The second-order valence-corrected chi connectivity index (χ2v) is 22.3. The van der Waals surface area contributed by atoms with Gasteiger partial charge in [0.2, 0.25) is 0 Å². The first-order valence-electron chi connectivity index (χ1n) is 23.6. The number of carboxylic acids is 1. The zero-order valence-corrected chi connectivity index (χ0v) is 35.9. The van der Waals surface area contributed by atoms with Crippen LogP contribution < -0.4 is 0 Å². The van der Waals surface area contributed by atoms with Crippen molar-refractivity contribution in [3.8, 4) is 0 Å². The van der Waals surface area contributed by atoms with Crippen molar-refractivity contribution in [1.29, 1.82) is 0 Å². The van der Waals surface area contributed by atoms with Crippen LogP contribution >= 0.6 is 0 Å². The van der Waals surface area contributed by atoms with E-state index in [0.29, 0.717) is 12.3 Å². The summed E-state index contributed by atoms with van der Waals surface area (Å²) in [4.78, 5) is 13.1. The summed E-state index contributed by atoms with van der Waals surface area (Å²) in [5, 5.41) is 48.3. The second kappa shape index (κ2) is 14.6. The average molecular weight is 775 g/mol. The van der Waals surface area contributed by atoms with Crippen LogP contribution in [0.5, 0.6) is 0 Å². The van der Waals surface area contributed by atoms with Gasteiger partial charge < -0.3 is 25.2 Å². The molecule has 1 aliphatic heterocycles. The molecule has 1 spiro atoms. The number of aliphatic carboxylic acids is 1. The van der Waals surface area contributed by atoms with Crippen LogP contribution in [0.25, 0.3) is 0 Å². The lowest BCUT2D eigenvalue weighted by molar-refractivity contribution is -0.339. The van der Waals surface area contributed by atoms with Gasteiger partial charge in [0.25, 0.3) is 0 Å². The molecule has 6 nitrogen and oxygen atoms in total. The predicted octanol–water partition coefficient (Wildman–Crippen LogP) is 10.9. The van der Waals surface area contributed by atoms with E-state index >= 15 is 0 Å². The summed E-state index contributed by atoms with van der Waals surface area (Å²) < 4.78 is 6.95. The van der Waals surface area contributed by atoms with E-state index in [1.807, 2.05) is 13.0 Å². The smallest absolute Gasteiger partial charge is 0.309 e. The van der Waals surface area contributed by atoms with Gasteiger partial charge in [-0.15, -0.1) is 0 Å². The molecule has 4 N–H and O–H groups in total. The third-order valence-corrected chi connectivity index (χ3v) is 20.3. The Kier molecular flexibility index (Phi) is 10.8. The highest BCUT2D eigenvalue weighted by Crippen LogP contribution is 2.84. The number of hydrogen-bond acceptors (Lipinski definition) is 5. The molecule has 0 amide bonds. The van der Waals surface area contributed by atoms with E-state index in [0.717, 1.165) is 83.0 Å². The summed E-state index contributed by atoms with van der Waals surface area (Å²) in [6, 6.07) is 10.5. The Morgan fingerprint density at radius 3 is 2.21 bits per heavy atom. The maximum Gasteiger partial charge on any atom is 0.309 e. The van der Waals surface area contributed by atoms with Crippen LogP contribution in [0.2, 0.25) is 0 Å². The Labute approximate surface area is 339 Å². The minimum atomic E-state index is -1.41. The molecule has 6 aliphatic carbocycles. The molecule has 56 heavy (non-hydrogen) atoms. The van der Waals surface area contributed by atoms with E-state index in [1.165, 1.54) is 63.4 Å². The number of carbonyl (C=O) groups is 1. The zero-order chi connectivity index (χ0) is 39.8. The number of fused-ring (bicyclic) bond motifs is 7. The maximum atomic E-state index is 13.1. The maximum absolute atomic E-state index is 13.1. The molecular formula is C50H78O6. The van der Waals surface area contributed by atoms with Gasteiger partial charge in [-0.2, -0.15) is 0 Å². The highest BCUT2D eigenvalue weighted by Gasteiger charge is 2.84. The number of ether oxygens (including phenoxy) is 1. The fraction of sp³-hybridized carbons (Fsp3) is 0.860. The van der Waals surface area contributed by atoms with Crippen LogP contribution in [0.3, 0.4) is 0 Å². The molecule has 13 atom stereocenters. The number of aliphatic hydroxyl groups is 3. The number of aliphatic hydroxyl groups excluding tert-OH is 2. The Morgan fingerprint density at radius 2 is 1.52 bits per heavy atom. The van der Waals surface area contributed by atoms with Crippen LogP contribution in [0.1, 0.15) is 181 Å². The highest BCUT2D eigenvalue weighted by atomic mass is 16.6. The van der Waals surface area contributed by atoms with E-state index in [9.17, 15) is 25.2 Å². The van der Waals surface area contributed by atoms with Crippen molar-refractivity contribution in [2.75, 3.05) is 6.61 Å². The average Bonchev–Trinajstić information content (AvgIpc) is 3.34. The molecule has 1 aromatic carbocycles. The lowest BCUT2D eigenvalue weighted by atomic mass is 9.25. The molecule has 1 heterocycles. The Bertz CT molecular complexity index is 1580. The molecule has 7 aliphatic rings. The lowest BCUT2D eigenvalue weighted by Crippen LogP contribution is -2.77. The van der Waals surface area contributed by atoms with Gasteiger partial charge in [0.15, 0.2) is 5.79 Å². The topological polar surface area (TPSA) is 107 Å². The minimum Gasteiger partial charge on any atom is -0.481 e. The van der Waals surface area contributed by atoms with Crippen molar-refractivity contribution >= 4 is 5.97 Å². The number of carboxylic acid groups (broad SMARTS) is 1. The van der Waals surface area contributed by atoms with Gasteiger partial charge in [0.1, 0.15) is 0 Å². The van der Waals surface area contributed by atoms with Crippen LogP contribution in [-0.4, -0.2) is 51.0 Å². The Hall–Kier alpha value is -1.47. The van der Waals surface area contributed by atoms with Crippen molar-refractivity contribution in [2.24, 2.45) is 61.6 Å². The highest BCUT2D eigenvalue weighted by molar-refractivity contribution is 5.74. The fourth-order valence-electron chi connectivity index (χ4n) is 17.4. The summed E-state index contributed by atoms with van der Waals surface area (Å²) in [5.41, 5.74) is -1.24. The SMILES string of the molecule is CCC[C@@H]1[C@@]23CC[C@@H]4[C@@]5(C)CC[C@@]6(C)CC[C@@](C)(C(=O)O)C[C@H]6[C@]5(CCCCCC5CCCCC5)CC[C@@]4(C)[C@]2(CO)[C@@H](O)C[C@]1(O)O[C@@H]3Cc1ccccc1. The Morgan fingerprint density at radius 1 is 0.804 bits per heavy atom. The van der Waals surface area contributed by atoms with Gasteiger partial charge in [0, 0.05) is 23.2 Å². The van der Waals surface area contributed by atoms with Crippen molar-refractivity contribution in [3.05, 3.63) is 35.9 Å². The van der Waals surface area contributed by atoms with Crippen molar-refractivity contribution < 1.29 is 30.0 Å². The van der Waals surface area contributed by atoms with Gasteiger partial charge in [-0.05, 0) is 129 Å². The van der Waals surface area contributed by atoms with E-state index in [2.05, 4.69) is 52.0 Å². The number of hydrogen-bond donors (Lipinski definition) is 4. The van der Waals surface area contributed by atoms with Crippen LogP contribution in [0.4, 0.5) is 0 Å². The Balaban J connectivity index is 1.20. The molecule has 7 fully saturated rings. The molecule has 1 aromatic rings. The quantitative estimate of drug-likeness (QED) is 0.158. The molecule has 0 radical (unpaired) electrons. The molecule has 1 saturated heterocycles. The first-order chi connectivity index (χ1) is 26.6. The third kappa shape index (κ3) is 5.69. The molecule has 314 valence electrons. The van der Waals surface area contributed by atoms with E-state index < -0.39 is 34.1 Å². The predicted molar refractivity (Wildman–Crippen MR) is 222 cm³/mol. The summed E-state index contributed by atoms with van der Waals surface area (Å²) in [6.45, 7) is 11.7. The molecule has 0 aromatic heterocycles. The van der Waals surface area contributed by atoms with E-state index in [1.54, 1.807) is 0 Å². The summed E-state index contributed by atoms with van der Waals surface area (Å²) >= 11 is 0. The molecule has 0 unspecified atom stereocenters. The largest absolute Gasteiger partial charge is 0.481 e. The molecule has 8 rings (SSSR count). The van der Waals surface area contributed by atoms with Gasteiger partial charge in [0.05, 0.1) is 24.2 Å². The standard InChI is InChI=1S/C50H78O6/c1-6-16-38-48-24-22-37-45(4)28-27-43(2)25-26-44(3,42(53)54)32-39(43)47(45,23-15-9-14-19-35-17-10-7-11-18-35)30-29-46(37,5)49(48,34-51)40(52)33-50(38,55)56-41(48)31-36-20-12-8-13-21-36/h8,12-13,20-21,35,37-41,51-52,55H,6-7,9-11,14-19,22-34H2,1-5H3,(H,53,54)/t37-,38-,39-,40+,41-,43-,44-,45-,46-,47+,48-,49+,50+/m1/s1. The molecular weight excluding hydrogens is 697 g/mol. The van der Waals surface area contributed by atoms with E-state index in [4.69, 9.17) is 4.74 Å². The monoisotopic (exact) mass is 775 g/mol. The zero-order valence-electron chi connectivity index (χ0n) is 35.9. The number of unbranched alkanes of at least 4 members (excludes halogenated alkanes) is 2. The third-order valence-electron chi connectivity index (χ3n) is 20.3. The van der Waals surface area contributed by atoms with E-state index in [-0.39, 0.29) is 52.6 Å². The molecule has 6 heteroatoms. The summed E-state index contributed by atoms with van der Waals surface area (Å²) in [5.74, 6) is -0.683. The molecule has 6 saturated carbocycles. The number of benzene rings is 1. The minimum absolute atomic E-state index is 0.00604. The second-order valence-electron chi connectivity index (χ2n) is 22.3. The normalized spacial score (nSPS) is 48.7.